The van der Waals surface area contributed by atoms with Gasteiger partial charge in [-0.25, -0.2) is 0 Å². The van der Waals surface area contributed by atoms with Crippen LogP contribution in [0.1, 0.15) is 25.6 Å². The number of hydrogen-bond acceptors (Lipinski definition) is 5. The number of nitrogens with one attached hydrogen (secondary N) is 1. The van der Waals surface area contributed by atoms with Gasteiger partial charge < -0.3 is 9.84 Å². The van der Waals surface area contributed by atoms with Gasteiger partial charge in [0.15, 0.2) is 5.82 Å². The molecule has 0 saturated carbocycles. The predicted molar refractivity (Wildman–Crippen MR) is 75.5 cm³/mol. The second-order valence-corrected chi connectivity index (χ2v) is 4.73. The molecule has 1 N–H and O–H groups in total. The van der Waals surface area contributed by atoms with E-state index < -0.39 is 0 Å². The molecule has 0 bridgehead atoms. The molecule has 106 valence electrons. The summed E-state index contributed by atoms with van der Waals surface area (Å²) in [5.41, 5.74) is 0. The van der Waals surface area contributed by atoms with Crippen LogP contribution in [0.15, 0.2) is 4.52 Å². The van der Waals surface area contributed by atoms with E-state index in [4.69, 9.17) is 4.52 Å². The highest BCUT2D eigenvalue weighted by molar-refractivity contribution is 5.85. The topological polar surface area (TPSA) is 54.2 Å². The van der Waals surface area contributed by atoms with Crippen LogP contribution in [-0.2, 0) is 13.0 Å². The molecule has 0 radical (unpaired) electrons. The molecule has 0 atom stereocenters. The highest BCUT2D eigenvalue weighted by Crippen LogP contribution is 2.07. The summed E-state index contributed by atoms with van der Waals surface area (Å²) in [6.07, 6.45) is 0.894. The highest BCUT2D eigenvalue weighted by Gasteiger charge is 2.14. The molecule has 1 saturated heterocycles. The molecule has 0 amide bonds. The van der Waals surface area contributed by atoms with Crippen molar-refractivity contribution in [2.24, 2.45) is 5.92 Å². The lowest BCUT2D eigenvalue weighted by Gasteiger charge is -2.25. The molecule has 1 aromatic heterocycles. The third-order valence-corrected chi connectivity index (χ3v) is 2.67. The van der Waals surface area contributed by atoms with E-state index in [9.17, 15) is 0 Å². The Hall–Kier alpha value is -0.360. The van der Waals surface area contributed by atoms with E-state index >= 15 is 0 Å². The van der Waals surface area contributed by atoms with Crippen LogP contribution in [0.25, 0.3) is 0 Å². The summed E-state index contributed by atoms with van der Waals surface area (Å²) in [5, 5.41) is 7.32. The number of rotatable bonds is 4. The van der Waals surface area contributed by atoms with Crippen molar-refractivity contribution in [2.75, 3.05) is 26.2 Å². The Morgan fingerprint density at radius 1 is 1.28 bits per heavy atom. The van der Waals surface area contributed by atoms with Gasteiger partial charge in [0.05, 0.1) is 6.54 Å². The fraction of sp³-hybridized carbons (Fsp3) is 0.818. The van der Waals surface area contributed by atoms with Gasteiger partial charge in [0.2, 0.25) is 5.89 Å². The Bertz CT molecular complexity index is 327. The monoisotopic (exact) mass is 296 g/mol. The number of halogens is 2. The van der Waals surface area contributed by atoms with Crippen LogP contribution in [0, 0.1) is 5.92 Å². The van der Waals surface area contributed by atoms with Crippen molar-refractivity contribution in [1.82, 2.24) is 20.4 Å². The maximum atomic E-state index is 5.25. The Morgan fingerprint density at radius 2 is 1.94 bits per heavy atom. The molecule has 7 heteroatoms. The Balaban J connectivity index is 0.00000144. The van der Waals surface area contributed by atoms with E-state index in [1.807, 2.05) is 0 Å². The summed E-state index contributed by atoms with van der Waals surface area (Å²) in [4.78, 5) is 6.74. The Morgan fingerprint density at radius 3 is 2.56 bits per heavy atom. The van der Waals surface area contributed by atoms with Gasteiger partial charge in [0.1, 0.15) is 0 Å². The summed E-state index contributed by atoms with van der Waals surface area (Å²) in [6.45, 7) is 9.31. The van der Waals surface area contributed by atoms with E-state index in [1.54, 1.807) is 0 Å². The van der Waals surface area contributed by atoms with Crippen LogP contribution in [0.4, 0.5) is 0 Å². The summed E-state index contributed by atoms with van der Waals surface area (Å²) < 4.78 is 5.25. The molecule has 1 aromatic rings. The molecule has 2 heterocycles. The van der Waals surface area contributed by atoms with E-state index in [-0.39, 0.29) is 24.8 Å². The van der Waals surface area contributed by atoms with Gasteiger partial charge in [-0.15, -0.1) is 24.8 Å². The average Bonchev–Trinajstić information content (AvgIpc) is 2.66. The standard InChI is InChI=1S/C11H20N4O.2ClH/c1-9(2)7-10-13-11(16-14-10)8-15-5-3-12-4-6-15;;/h9,12H,3-8H2,1-2H3;2*1H. The van der Waals surface area contributed by atoms with Crippen molar-refractivity contribution in [3.05, 3.63) is 11.7 Å². The first-order chi connectivity index (χ1) is 7.74. The summed E-state index contributed by atoms with van der Waals surface area (Å²) >= 11 is 0. The van der Waals surface area contributed by atoms with Crippen LogP contribution in [0.5, 0.6) is 0 Å². The molecule has 1 fully saturated rings. The largest absolute Gasteiger partial charge is 0.338 e. The minimum absolute atomic E-state index is 0. The minimum atomic E-state index is 0. The SMILES string of the molecule is CC(C)Cc1noc(CN2CCNCC2)n1.Cl.Cl. The minimum Gasteiger partial charge on any atom is -0.338 e. The molecule has 0 spiro atoms. The summed E-state index contributed by atoms with van der Waals surface area (Å²) in [6, 6.07) is 0. The van der Waals surface area contributed by atoms with Crippen molar-refractivity contribution in [2.45, 2.75) is 26.8 Å². The van der Waals surface area contributed by atoms with Crippen LogP contribution in [0.2, 0.25) is 0 Å². The second kappa shape index (κ2) is 8.69. The first-order valence-electron chi connectivity index (χ1n) is 5.98. The van der Waals surface area contributed by atoms with Crippen molar-refractivity contribution in [3.8, 4) is 0 Å². The quantitative estimate of drug-likeness (QED) is 0.913. The van der Waals surface area contributed by atoms with Gasteiger partial charge in [-0.05, 0) is 5.92 Å². The van der Waals surface area contributed by atoms with Crippen LogP contribution >= 0.6 is 24.8 Å². The van der Waals surface area contributed by atoms with Gasteiger partial charge in [0.25, 0.3) is 0 Å². The van der Waals surface area contributed by atoms with E-state index in [0.717, 1.165) is 50.9 Å². The lowest BCUT2D eigenvalue weighted by atomic mass is 10.1. The van der Waals surface area contributed by atoms with Crippen molar-refractivity contribution >= 4 is 24.8 Å². The molecule has 0 aromatic carbocycles. The predicted octanol–water partition coefficient (Wildman–Crippen LogP) is 1.52. The maximum Gasteiger partial charge on any atom is 0.240 e. The lowest BCUT2D eigenvalue weighted by Crippen LogP contribution is -2.42. The van der Waals surface area contributed by atoms with E-state index in [1.165, 1.54) is 0 Å². The number of piperazine rings is 1. The normalized spacial score (nSPS) is 16.2. The molecule has 2 rings (SSSR count). The zero-order valence-corrected chi connectivity index (χ0v) is 12.5. The van der Waals surface area contributed by atoms with Crippen molar-refractivity contribution in [3.63, 3.8) is 0 Å². The fourth-order valence-corrected chi connectivity index (χ4v) is 1.86. The van der Waals surface area contributed by atoms with E-state index in [0.29, 0.717) is 5.92 Å². The van der Waals surface area contributed by atoms with Gasteiger partial charge in [-0.1, -0.05) is 19.0 Å². The third-order valence-electron chi connectivity index (χ3n) is 2.67. The molecule has 0 aliphatic carbocycles. The summed E-state index contributed by atoms with van der Waals surface area (Å²) in [7, 11) is 0. The van der Waals surface area contributed by atoms with Gasteiger partial charge >= 0.3 is 0 Å². The molecular formula is C11H22Cl2N4O. The Kier molecular flexibility index (Phi) is 8.52. The second-order valence-electron chi connectivity index (χ2n) is 4.73. The molecule has 1 aliphatic rings. The van der Waals surface area contributed by atoms with Crippen LogP contribution in [-0.4, -0.2) is 41.2 Å². The fourth-order valence-electron chi connectivity index (χ4n) is 1.86. The van der Waals surface area contributed by atoms with Crippen molar-refractivity contribution < 1.29 is 4.52 Å². The molecule has 1 aliphatic heterocycles. The zero-order chi connectivity index (χ0) is 11.4. The zero-order valence-electron chi connectivity index (χ0n) is 10.9. The Labute approximate surface area is 121 Å². The molecular weight excluding hydrogens is 275 g/mol. The van der Waals surface area contributed by atoms with Crippen molar-refractivity contribution in [1.29, 1.82) is 0 Å². The lowest BCUT2D eigenvalue weighted by molar-refractivity contribution is 0.203. The summed E-state index contributed by atoms with van der Waals surface area (Å²) in [5.74, 6) is 2.15. The van der Waals surface area contributed by atoms with Gasteiger partial charge in [0, 0.05) is 32.6 Å². The first-order valence-corrected chi connectivity index (χ1v) is 5.98. The molecule has 0 unspecified atom stereocenters. The number of aromatic nitrogens is 2. The maximum absolute atomic E-state index is 5.25. The number of nitrogens with zero attached hydrogens (tertiary/aromatic N) is 3. The molecule has 5 nitrogen and oxygen atoms in total. The van der Waals surface area contributed by atoms with Gasteiger partial charge in [-0.3, -0.25) is 4.90 Å². The van der Waals surface area contributed by atoms with E-state index in [2.05, 4.69) is 34.2 Å². The molecule has 18 heavy (non-hydrogen) atoms. The third kappa shape index (κ3) is 5.52. The van der Waals surface area contributed by atoms with Gasteiger partial charge in [-0.2, -0.15) is 4.98 Å². The number of hydrogen-bond donors (Lipinski definition) is 1. The van der Waals surface area contributed by atoms with Crippen LogP contribution < -0.4 is 5.32 Å². The van der Waals surface area contributed by atoms with Crippen LogP contribution in [0.3, 0.4) is 0 Å². The first kappa shape index (κ1) is 17.6. The highest BCUT2D eigenvalue weighted by atomic mass is 35.5. The average molecular weight is 297 g/mol. The smallest absolute Gasteiger partial charge is 0.240 e.